The van der Waals surface area contributed by atoms with Gasteiger partial charge in [0.15, 0.2) is 0 Å². The number of nitrogens with one attached hydrogen (secondary N) is 1. The Morgan fingerprint density at radius 1 is 1.05 bits per heavy atom. The van der Waals surface area contributed by atoms with Crippen LogP contribution in [-0.2, 0) is 0 Å². The highest BCUT2D eigenvalue weighted by Gasteiger charge is 2.07. The zero-order valence-corrected chi connectivity index (χ0v) is 13.4. The second-order valence-corrected chi connectivity index (χ2v) is 6.01. The highest BCUT2D eigenvalue weighted by Crippen LogP contribution is 2.14. The van der Waals surface area contributed by atoms with Gasteiger partial charge in [-0.3, -0.25) is 0 Å². The molecule has 0 fully saturated rings. The average Bonchev–Trinajstić information content (AvgIpc) is 2.44. The van der Waals surface area contributed by atoms with E-state index in [-0.39, 0.29) is 0 Å². The molecule has 114 valence electrons. The maximum absolute atomic E-state index is 5.76. The quantitative estimate of drug-likeness (QED) is 0.601. The van der Waals surface area contributed by atoms with Crippen LogP contribution in [0.1, 0.15) is 46.5 Å². The van der Waals surface area contributed by atoms with Crippen LogP contribution in [0, 0.1) is 11.8 Å². The van der Waals surface area contributed by atoms with E-state index in [1.54, 1.807) is 0 Å². The number of para-hydroxylation sites is 1. The minimum atomic E-state index is 0.735. The molecule has 0 amide bonds. The number of rotatable bonds is 11. The van der Waals surface area contributed by atoms with Crippen LogP contribution in [-0.4, -0.2) is 19.7 Å². The zero-order chi connectivity index (χ0) is 14.6. The Labute approximate surface area is 124 Å². The summed E-state index contributed by atoms with van der Waals surface area (Å²) in [6.45, 7) is 9.90. The largest absolute Gasteiger partial charge is 0.494 e. The van der Waals surface area contributed by atoms with Crippen LogP contribution in [0.3, 0.4) is 0 Å². The summed E-state index contributed by atoms with van der Waals surface area (Å²) in [6, 6.07) is 10.1. The molecule has 1 N–H and O–H groups in total. The maximum atomic E-state index is 5.76. The van der Waals surface area contributed by atoms with Gasteiger partial charge in [0.2, 0.25) is 0 Å². The monoisotopic (exact) mass is 277 g/mol. The SMILES string of the molecule is CCCC(CCCOc1ccccc1)CNCC(C)C. The van der Waals surface area contributed by atoms with Crippen LogP contribution in [0.4, 0.5) is 0 Å². The molecular weight excluding hydrogens is 246 g/mol. The lowest BCUT2D eigenvalue weighted by atomic mass is 9.98. The van der Waals surface area contributed by atoms with E-state index in [4.69, 9.17) is 4.74 Å². The van der Waals surface area contributed by atoms with Crippen molar-refractivity contribution >= 4 is 0 Å². The van der Waals surface area contributed by atoms with Gasteiger partial charge < -0.3 is 10.1 Å². The fraction of sp³-hybridized carbons (Fsp3) is 0.667. The molecule has 0 aliphatic rings. The predicted molar refractivity (Wildman–Crippen MR) is 87.3 cm³/mol. The van der Waals surface area contributed by atoms with Gasteiger partial charge in [-0.2, -0.15) is 0 Å². The molecule has 0 heterocycles. The molecule has 20 heavy (non-hydrogen) atoms. The Bertz CT molecular complexity index is 323. The second kappa shape index (κ2) is 10.7. The van der Waals surface area contributed by atoms with Crippen molar-refractivity contribution in [3.63, 3.8) is 0 Å². The maximum Gasteiger partial charge on any atom is 0.119 e. The molecule has 0 radical (unpaired) electrons. The van der Waals surface area contributed by atoms with Crippen molar-refractivity contribution in [3.8, 4) is 5.75 Å². The van der Waals surface area contributed by atoms with Crippen molar-refractivity contribution in [1.82, 2.24) is 5.32 Å². The molecule has 2 heteroatoms. The summed E-state index contributed by atoms with van der Waals surface area (Å²) in [5, 5.41) is 3.59. The van der Waals surface area contributed by atoms with Crippen molar-refractivity contribution in [2.75, 3.05) is 19.7 Å². The molecule has 1 atom stereocenters. The molecule has 0 aromatic heterocycles. The van der Waals surface area contributed by atoms with Crippen LogP contribution in [0.25, 0.3) is 0 Å². The van der Waals surface area contributed by atoms with Gasteiger partial charge in [-0.1, -0.05) is 45.4 Å². The van der Waals surface area contributed by atoms with Gasteiger partial charge in [-0.05, 0) is 56.3 Å². The van der Waals surface area contributed by atoms with E-state index in [1.165, 1.54) is 19.3 Å². The summed E-state index contributed by atoms with van der Waals surface area (Å²) in [5.74, 6) is 2.51. The normalized spacial score (nSPS) is 12.6. The lowest BCUT2D eigenvalue weighted by Crippen LogP contribution is -2.26. The minimum absolute atomic E-state index is 0.735. The van der Waals surface area contributed by atoms with Gasteiger partial charge in [-0.25, -0.2) is 0 Å². The molecule has 0 bridgehead atoms. The lowest BCUT2D eigenvalue weighted by molar-refractivity contribution is 0.284. The Morgan fingerprint density at radius 2 is 1.80 bits per heavy atom. The molecule has 0 saturated heterocycles. The molecule has 1 aromatic carbocycles. The van der Waals surface area contributed by atoms with Gasteiger partial charge in [0.05, 0.1) is 6.61 Å². The summed E-state index contributed by atoms with van der Waals surface area (Å²) in [4.78, 5) is 0. The van der Waals surface area contributed by atoms with Gasteiger partial charge in [0.25, 0.3) is 0 Å². The highest BCUT2D eigenvalue weighted by molar-refractivity contribution is 5.20. The Balaban J connectivity index is 2.14. The lowest BCUT2D eigenvalue weighted by Gasteiger charge is -2.18. The minimum Gasteiger partial charge on any atom is -0.494 e. The summed E-state index contributed by atoms with van der Waals surface area (Å²) in [7, 11) is 0. The third kappa shape index (κ3) is 8.21. The van der Waals surface area contributed by atoms with E-state index >= 15 is 0 Å². The number of hydrogen-bond acceptors (Lipinski definition) is 2. The third-order valence-electron chi connectivity index (χ3n) is 3.45. The van der Waals surface area contributed by atoms with E-state index in [1.807, 2.05) is 30.3 Å². The Hall–Kier alpha value is -1.02. The van der Waals surface area contributed by atoms with E-state index < -0.39 is 0 Å². The number of ether oxygens (including phenoxy) is 1. The number of benzene rings is 1. The Morgan fingerprint density at radius 3 is 2.45 bits per heavy atom. The van der Waals surface area contributed by atoms with E-state index in [0.29, 0.717) is 0 Å². The standard InChI is InChI=1S/C18H31NO/c1-4-9-17(15-19-14-16(2)3)10-8-13-20-18-11-6-5-7-12-18/h5-7,11-12,16-17,19H,4,8-10,13-15H2,1-3H3. The summed E-state index contributed by atoms with van der Waals surface area (Å²) >= 11 is 0. The molecule has 1 aromatic rings. The van der Waals surface area contributed by atoms with Gasteiger partial charge in [0.1, 0.15) is 5.75 Å². The predicted octanol–water partition coefficient (Wildman–Crippen LogP) is 4.51. The van der Waals surface area contributed by atoms with Gasteiger partial charge >= 0.3 is 0 Å². The first kappa shape index (κ1) is 17.0. The topological polar surface area (TPSA) is 21.3 Å². The third-order valence-corrected chi connectivity index (χ3v) is 3.45. The highest BCUT2D eigenvalue weighted by atomic mass is 16.5. The summed E-state index contributed by atoms with van der Waals surface area (Å²) in [5.41, 5.74) is 0. The molecule has 0 aliphatic carbocycles. The fourth-order valence-corrected chi connectivity index (χ4v) is 2.41. The Kier molecular flexibility index (Phi) is 9.14. The molecular formula is C18H31NO. The molecule has 2 nitrogen and oxygen atoms in total. The van der Waals surface area contributed by atoms with E-state index in [2.05, 4.69) is 26.1 Å². The van der Waals surface area contributed by atoms with E-state index in [0.717, 1.165) is 43.7 Å². The van der Waals surface area contributed by atoms with Crippen LogP contribution in [0.15, 0.2) is 30.3 Å². The first-order chi connectivity index (χ1) is 9.72. The zero-order valence-electron chi connectivity index (χ0n) is 13.4. The molecule has 1 unspecified atom stereocenters. The number of hydrogen-bond donors (Lipinski definition) is 1. The van der Waals surface area contributed by atoms with Crippen LogP contribution in [0.5, 0.6) is 5.75 Å². The fourth-order valence-electron chi connectivity index (χ4n) is 2.41. The van der Waals surface area contributed by atoms with Crippen molar-refractivity contribution in [2.24, 2.45) is 11.8 Å². The van der Waals surface area contributed by atoms with Crippen molar-refractivity contribution in [1.29, 1.82) is 0 Å². The van der Waals surface area contributed by atoms with Gasteiger partial charge in [0, 0.05) is 0 Å². The average molecular weight is 277 g/mol. The second-order valence-electron chi connectivity index (χ2n) is 6.01. The molecule has 0 spiro atoms. The van der Waals surface area contributed by atoms with Crippen molar-refractivity contribution < 1.29 is 4.74 Å². The first-order valence-corrected chi connectivity index (χ1v) is 8.11. The summed E-state index contributed by atoms with van der Waals surface area (Å²) < 4.78 is 5.76. The van der Waals surface area contributed by atoms with E-state index in [9.17, 15) is 0 Å². The van der Waals surface area contributed by atoms with Crippen molar-refractivity contribution in [2.45, 2.75) is 46.5 Å². The molecule has 0 aliphatic heterocycles. The summed E-state index contributed by atoms with van der Waals surface area (Å²) in [6.07, 6.45) is 4.98. The molecule has 1 rings (SSSR count). The van der Waals surface area contributed by atoms with Crippen molar-refractivity contribution in [3.05, 3.63) is 30.3 Å². The first-order valence-electron chi connectivity index (χ1n) is 8.11. The van der Waals surface area contributed by atoms with Gasteiger partial charge in [-0.15, -0.1) is 0 Å². The van der Waals surface area contributed by atoms with Crippen LogP contribution in [0.2, 0.25) is 0 Å². The van der Waals surface area contributed by atoms with Crippen LogP contribution >= 0.6 is 0 Å². The molecule has 0 saturated carbocycles. The smallest absolute Gasteiger partial charge is 0.119 e. The van der Waals surface area contributed by atoms with Crippen LogP contribution < -0.4 is 10.1 Å².